The Labute approximate surface area is 84.9 Å². The van der Waals surface area contributed by atoms with Crippen LogP contribution in [0.5, 0.6) is 0 Å². The van der Waals surface area contributed by atoms with Gasteiger partial charge in [-0.15, -0.1) is 0 Å². The van der Waals surface area contributed by atoms with Gasteiger partial charge in [0.1, 0.15) is 5.82 Å². The van der Waals surface area contributed by atoms with Gasteiger partial charge in [0.05, 0.1) is 0 Å². The fourth-order valence-electron chi connectivity index (χ4n) is 1.93. The fourth-order valence-corrected chi connectivity index (χ4v) is 1.93. The Morgan fingerprint density at radius 3 is 3.07 bits per heavy atom. The minimum Gasteiger partial charge on any atom is -0.358 e. The molecular weight excluding hydrogens is 174 g/mol. The summed E-state index contributed by atoms with van der Waals surface area (Å²) in [5.41, 5.74) is 8.22. The zero-order valence-electron chi connectivity index (χ0n) is 8.66. The molecule has 0 amide bonds. The molecule has 76 valence electrons. The van der Waals surface area contributed by atoms with E-state index in [-0.39, 0.29) is 0 Å². The number of nitrogens with zero attached hydrogens (tertiary/aromatic N) is 2. The molecule has 0 saturated carbocycles. The number of hydrogen-bond acceptors (Lipinski definition) is 3. The van der Waals surface area contributed by atoms with E-state index in [4.69, 9.17) is 5.73 Å². The second-order valence-corrected chi connectivity index (χ2v) is 3.84. The first-order valence-electron chi connectivity index (χ1n) is 5.21. The minimum absolute atomic E-state index is 0.676. The Bertz CT molecular complexity index is 322. The molecule has 0 unspecified atom stereocenters. The molecular formula is C11H17N3. The number of aryl methyl sites for hydroxylation is 2. The molecule has 0 radical (unpaired) electrons. The molecule has 3 heteroatoms. The molecule has 1 heterocycles. The van der Waals surface area contributed by atoms with Crippen molar-refractivity contribution < 1.29 is 0 Å². The number of anilines is 1. The zero-order valence-corrected chi connectivity index (χ0v) is 8.66. The molecule has 1 aromatic rings. The molecule has 0 saturated heterocycles. The van der Waals surface area contributed by atoms with Crippen molar-refractivity contribution in [3.8, 4) is 0 Å². The third kappa shape index (κ3) is 1.73. The standard InChI is InChI=1S/C11H17N3/c1-14(8-7-12)11-6-5-9-3-2-4-10(9)13-11/h5-6H,2-4,7-8,12H2,1H3. The molecule has 0 aliphatic heterocycles. The highest BCUT2D eigenvalue weighted by molar-refractivity contribution is 5.42. The van der Waals surface area contributed by atoms with Crippen molar-refractivity contribution in [2.75, 3.05) is 25.0 Å². The lowest BCUT2D eigenvalue weighted by atomic mass is 10.2. The van der Waals surface area contributed by atoms with Crippen LogP contribution in [0.25, 0.3) is 0 Å². The van der Waals surface area contributed by atoms with Crippen LogP contribution >= 0.6 is 0 Å². The third-order valence-corrected chi connectivity index (χ3v) is 2.77. The molecule has 14 heavy (non-hydrogen) atoms. The van der Waals surface area contributed by atoms with Crippen LogP contribution in [-0.4, -0.2) is 25.1 Å². The Hall–Kier alpha value is -1.09. The van der Waals surface area contributed by atoms with E-state index in [1.165, 1.54) is 24.1 Å². The average molecular weight is 191 g/mol. The number of likely N-dealkylation sites (N-methyl/N-ethyl adjacent to an activating group) is 1. The van der Waals surface area contributed by atoms with Crippen LogP contribution in [0.2, 0.25) is 0 Å². The minimum atomic E-state index is 0.676. The highest BCUT2D eigenvalue weighted by Gasteiger charge is 2.13. The normalized spacial score (nSPS) is 14.1. The quantitative estimate of drug-likeness (QED) is 0.774. The van der Waals surface area contributed by atoms with Gasteiger partial charge in [-0.2, -0.15) is 0 Å². The summed E-state index contributed by atoms with van der Waals surface area (Å²) in [6.45, 7) is 1.54. The average Bonchev–Trinajstić information content (AvgIpc) is 2.64. The zero-order chi connectivity index (χ0) is 9.97. The lowest BCUT2D eigenvalue weighted by molar-refractivity contribution is 0.856. The van der Waals surface area contributed by atoms with Crippen molar-refractivity contribution in [1.29, 1.82) is 0 Å². The van der Waals surface area contributed by atoms with E-state index >= 15 is 0 Å². The van der Waals surface area contributed by atoms with Gasteiger partial charge < -0.3 is 10.6 Å². The van der Waals surface area contributed by atoms with Gasteiger partial charge in [0.25, 0.3) is 0 Å². The van der Waals surface area contributed by atoms with E-state index in [9.17, 15) is 0 Å². The highest BCUT2D eigenvalue weighted by Crippen LogP contribution is 2.22. The molecule has 3 nitrogen and oxygen atoms in total. The molecule has 2 rings (SSSR count). The van der Waals surface area contributed by atoms with Gasteiger partial charge in [0.15, 0.2) is 0 Å². The summed E-state index contributed by atoms with van der Waals surface area (Å²) in [4.78, 5) is 6.75. The number of fused-ring (bicyclic) bond motifs is 1. The van der Waals surface area contributed by atoms with Crippen LogP contribution in [0.3, 0.4) is 0 Å². The van der Waals surface area contributed by atoms with E-state index in [0.29, 0.717) is 6.54 Å². The van der Waals surface area contributed by atoms with Crippen LogP contribution in [-0.2, 0) is 12.8 Å². The van der Waals surface area contributed by atoms with E-state index in [2.05, 4.69) is 22.0 Å². The largest absolute Gasteiger partial charge is 0.358 e. The van der Waals surface area contributed by atoms with Gasteiger partial charge in [-0.1, -0.05) is 6.07 Å². The van der Waals surface area contributed by atoms with E-state index in [0.717, 1.165) is 18.8 Å². The maximum Gasteiger partial charge on any atom is 0.128 e. The van der Waals surface area contributed by atoms with Crippen molar-refractivity contribution in [2.45, 2.75) is 19.3 Å². The second kappa shape index (κ2) is 3.96. The summed E-state index contributed by atoms with van der Waals surface area (Å²) in [7, 11) is 2.04. The molecule has 1 aliphatic carbocycles. The Kier molecular flexibility index (Phi) is 2.68. The molecule has 1 aromatic heterocycles. The summed E-state index contributed by atoms with van der Waals surface area (Å²) in [6.07, 6.45) is 3.59. The lowest BCUT2D eigenvalue weighted by Crippen LogP contribution is -2.25. The van der Waals surface area contributed by atoms with Crippen LogP contribution in [0.4, 0.5) is 5.82 Å². The summed E-state index contributed by atoms with van der Waals surface area (Å²) in [6, 6.07) is 4.30. The number of pyridine rings is 1. The Balaban J connectivity index is 2.19. The number of nitrogens with two attached hydrogens (primary N) is 1. The smallest absolute Gasteiger partial charge is 0.128 e. The van der Waals surface area contributed by atoms with Gasteiger partial charge >= 0.3 is 0 Å². The molecule has 0 bridgehead atoms. The maximum atomic E-state index is 5.51. The topological polar surface area (TPSA) is 42.1 Å². The number of aromatic nitrogens is 1. The van der Waals surface area contributed by atoms with Gasteiger partial charge in [-0.3, -0.25) is 0 Å². The Morgan fingerprint density at radius 1 is 1.43 bits per heavy atom. The molecule has 0 aromatic carbocycles. The van der Waals surface area contributed by atoms with Crippen molar-refractivity contribution in [1.82, 2.24) is 4.98 Å². The highest BCUT2D eigenvalue weighted by atomic mass is 15.2. The van der Waals surface area contributed by atoms with Crippen LogP contribution in [0, 0.1) is 0 Å². The molecule has 0 fully saturated rings. The SMILES string of the molecule is CN(CCN)c1ccc2c(n1)CCC2. The third-order valence-electron chi connectivity index (χ3n) is 2.77. The molecule has 1 aliphatic rings. The number of hydrogen-bond donors (Lipinski definition) is 1. The number of rotatable bonds is 3. The predicted octanol–water partition coefficient (Wildman–Crippen LogP) is 0.965. The maximum absolute atomic E-state index is 5.51. The van der Waals surface area contributed by atoms with Gasteiger partial charge in [0.2, 0.25) is 0 Å². The van der Waals surface area contributed by atoms with E-state index < -0.39 is 0 Å². The van der Waals surface area contributed by atoms with Gasteiger partial charge in [-0.25, -0.2) is 4.98 Å². The van der Waals surface area contributed by atoms with Crippen LogP contribution in [0.1, 0.15) is 17.7 Å². The van der Waals surface area contributed by atoms with Gasteiger partial charge in [-0.05, 0) is 30.9 Å². The second-order valence-electron chi connectivity index (χ2n) is 3.84. The first kappa shape index (κ1) is 9.46. The summed E-state index contributed by atoms with van der Waals surface area (Å²) in [5, 5.41) is 0. The van der Waals surface area contributed by atoms with Crippen molar-refractivity contribution in [3.05, 3.63) is 23.4 Å². The van der Waals surface area contributed by atoms with E-state index in [1.54, 1.807) is 0 Å². The van der Waals surface area contributed by atoms with Gasteiger partial charge in [0, 0.05) is 25.8 Å². The molecule has 0 spiro atoms. The Morgan fingerprint density at radius 2 is 2.29 bits per heavy atom. The summed E-state index contributed by atoms with van der Waals surface area (Å²) in [5.74, 6) is 1.05. The molecule has 2 N–H and O–H groups in total. The van der Waals surface area contributed by atoms with E-state index in [1.807, 2.05) is 7.05 Å². The monoisotopic (exact) mass is 191 g/mol. The summed E-state index contributed by atoms with van der Waals surface area (Å²) < 4.78 is 0. The van der Waals surface area contributed by atoms with Crippen LogP contribution < -0.4 is 10.6 Å². The van der Waals surface area contributed by atoms with Crippen molar-refractivity contribution in [2.24, 2.45) is 5.73 Å². The van der Waals surface area contributed by atoms with Crippen molar-refractivity contribution >= 4 is 5.82 Å². The van der Waals surface area contributed by atoms with Crippen LogP contribution in [0.15, 0.2) is 12.1 Å². The first-order valence-corrected chi connectivity index (χ1v) is 5.21. The first-order chi connectivity index (χ1) is 6.81. The fraction of sp³-hybridized carbons (Fsp3) is 0.545. The summed E-state index contributed by atoms with van der Waals surface area (Å²) >= 11 is 0. The molecule has 0 atom stereocenters. The predicted molar refractivity (Wildman–Crippen MR) is 58.6 cm³/mol. The lowest BCUT2D eigenvalue weighted by Gasteiger charge is -2.17. The van der Waals surface area contributed by atoms with Crippen molar-refractivity contribution in [3.63, 3.8) is 0 Å².